The van der Waals surface area contributed by atoms with E-state index < -0.39 is 6.10 Å². The molecule has 2 N–H and O–H groups in total. The second-order valence-electron chi connectivity index (χ2n) is 14.0. The minimum absolute atomic E-state index is 0.0248. The normalized spacial score (nSPS) is 42.0. The number of ether oxygens (including phenoxy) is 1. The van der Waals surface area contributed by atoms with Crippen LogP contribution in [0.25, 0.3) is 0 Å². The van der Waals surface area contributed by atoms with E-state index in [2.05, 4.69) is 67.2 Å². The Bertz CT molecular complexity index is 973. The molecule has 0 aromatic carbocycles. The van der Waals surface area contributed by atoms with Crippen LogP contribution in [0.1, 0.15) is 93.4 Å². The van der Waals surface area contributed by atoms with Gasteiger partial charge in [-0.3, -0.25) is 4.79 Å². The average molecular weight is 499 g/mol. The summed E-state index contributed by atoms with van der Waals surface area (Å²) in [4.78, 5) is 13.2. The fourth-order valence-electron chi connectivity index (χ4n) is 9.04. The Balaban J connectivity index is 1.73. The minimum Gasteiger partial charge on any atom is -0.469 e. The summed E-state index contributed by atoms with van der Waals surface area (Å²) in [6.07, 6.45) is 9.78. The highest BCUT2D eigenvalue weighted by Gasteiger charge is 2.66. The highest BCUT2D eigenvalue weighted by Crippen LogP contribution is 2.71. The molecule has 4 aliphatic carbocycles. The van der Waals surface area contributed by atoms with Crippen LogP contribution >= 0.6 is 0 Å². The number of aliphatic hydroxyl groups is 2. The van der Waals surface area contributed by atoms with Crippen LogP contribution in [-0.2, 0) is 9.53 Å². The third kappa shape index (κ3) is 3.80. The molecule has 0 heterocycles. The maximum atomic E-state index is 13.2. The number of methoxy groups -OCH3 is 1. The Morgan fingerprint density at radius 3 is 2.42 bits per heavy atom. The molecule has 0 radical (unpaired) electrons. The van der Waals surface area contributed by atoms with E-state index in [1.165, 1.54) is 18.3 Å². The second kappa shape index (κ2) is 9.12. The van der Waals surface area contributed by atoms with Gasteiger partial charge >= 0.3 is 5.97 Å². The van der Waals surface area contributed by atoms with Gasteiger partial charge < -0.3 is 14.9 Å². The molecule has 2 saturated carbocycles. The van der Waals surface area contributed by atoms with E-state index in [1.807, 2.05) is 0 Å². The topological polar surface area (TPSA) is 66.8 Å². The number of carbonyl (C=O) groups excluding carboxylic acids is 1. The quantitative estimate of drug-likeness (QED) is 0.319. The molecule has 36 heavy (non-hydrogen) atoms. The zero-order valence-electron chi connectivity index (χ0n) is 24.0. The zero-order valence-corrected chi connectivity index (χ0v) is 24.0. The summed E-state index contributed by atoms with van der Waals surface area (Å²) in [5, 5.41) is 22.5. The van der Waals surface area contributed by atoms with Gasteiger partial charge in [-0.05, 0) is 84.2 Å². The van der Waals surface area contributed by atoms with Gasteiger partial charge in [0, 0.05) is 11.3 Å². The lowest BCUT2D eigenvalue weighted by Crippen LogP contribution is -2.54. The smallest absolute Gasteiger partial charge is 0.309 e. The van der Waals surface area contributed by atoms with Gasteiger partial charge in [-0.2, -0.15) is 0 Å². The highest BCUT2D eigenvalue weighted by atomic mass is 16.5. The predicted molar refractivity (Wildman–Crippen MR) is 145 cm³/mol. The van der Waals surface area contributed by atoms with Gasteiger partial charge in [0.25, 0.3) is 0 Å². The SMILES string of the molecule is C=C(CCC(C(=O)OC)C1C(O)CC2(C)C3=CCC4C(C)(CCC(O)C4(C)C)C3=CCC12C)C(C)C. The van der Waals surface area contributed by atoms with Crippen LogP contribution in [0.5, 0.6) is 0 Å². The molecule has 0 amide bonds. The average Bonchev–Trinajstić information content (AvgIpc) is 3.02. The van der Waals surface area contributed by atoms with Crippen LogP contribution in [0.4, 0.5) is 0 Å². The molecular formula is C32H50O4. The van der Waals surface area contributed by atoms with Gasteiger partial charge in [-0.15, -0.1) is 0 Å². The van der Waals surface area contributed by atoms with Crippen LogP contribution < -0.4 is 0 Å². The second-order valence-corrected chi connectivity index (χ2v) is 14.0. The van der Waals surface area contributed by atoms with Crippen molar-refractivity contribution in [3.05, 3.63) is 35.5 Å². The molecule has 2 fully saturated rings. The third-order valence-electron chi connectivity index (χ3n) is 11.8. The maximum absolute atomic E-state index is 13.2. The Hall–Kier alpha value is -1.39. The molecule has 8 atom stereocenters. The summed E-state index contributed by atoms with van der Waals surface area (Å²) in [7, 11) is 1.47. The molecule has 8 unspecified atom stereocenters. The molecule has 4 rings (SSSR count). The maximum Gasteiger partial charge on any atom is 0.309 e. The van der Waals surface area contributed by atoms with E-state index in [0.29, 0.717) is 24.7 Å². The lowest BCUT2D eigenvalue weighted by atomic mass is 9.44. The van der Waals surface area contributed by atoms with E-state index in [4.69, 9.17) is 4.74 Å². The molecule has 0 saturated heterocycles. The molecule has 4 nitrogen and oxygen atoms in total. The summed E-state index contributed by atoms with van der Waals surface area (Å²) in [6, 6.07) is 0. The molecule has 4 heteroatoms. The fourth-order valence-corrected chi connectivity index (χ4v) is 9.04. The van der Waals surface area contributed by atoms with Gasteiger partial charge in [-0.1, -0.05) is 72.8 Å². The van der Waals surface area contributed by atoms with E-state index in [9.17, 15) is 15.0 Å². The number of allylic oxidation sites excluding steroid dienone is 5. The fraction of sp³-hybridized carbons (Fsp3) is 0.781. The Morgan fingerprint density at radius 1 is 1.14 bits per heavy atom. The van der Waals surface area contributed by atoms with Gasteiger partial charge in [0.05, 0.1) is 25.2 Å². The molecule has 0 aromatic heterocycles. The van der Waals surface area contributed by atoms with Crippen molar-refractivity contribution in [1.82, 2.24) is 0 Å². The van der Waals surface area contributed by atoms with Gasteiger partial charge in [0.1, 0.15) is 0 Å². The largest absolute Gasteiger partial charge is 0.469 e. The van der Waals surface area contributed by atoms with Crippen molar-refractivity contribution in [2.24, 2.45) is 45.3 Å². The Kier molecular flexibility index (Phi) is 7.00. The first-order valence-electron chi connectivity index (χ1n) is 14.2. The van der Waals surface area contributed by atoms with Gasteiger partial charge in [0.2, 0.25) is 0 Å². The van der Waals surface area contributed by atoms with Crippen molar-refractivity contribution in [1.29, 1.82) is 0 Å². The molecule has 0 aliphatic heterocycles. The molecule has 0 spiro atoms. The first-order valence-corrected chi connectivity index (χ1v) is 14.2. The van der Waals surface area contributed by atoms with E-state index >= 15 is 0 Å². The van der Waals surface area contributed by atoms with Gasteiger partial charge in [0.15, 0.2) is 0 Å². The van der Waals surface area contributed by atoms with E-state index in [0.717, 1.165) is 37.7 Å². The monoisotopic (exact) mass is 498 g/mol. The number of rotatable bonds is 6. The van der Waals surface area contributed by atoms with Crippen molar-refractivity contribution < 1.29 is 19.7 Å². The van der Waals surface area contributed by atoms with Crippen molar-refractivity contribution in [2.45, 2.75) is 106 Å². The number of carbonyl (C=O) groups is 1. The highest BCUT2D eigenvalue weighted by molar-refractivity contribution is 5.73. The molecule has 202 valence electrons. The molecule has 0 aromatic rings. The van der Waals surface area contributed by atoms with Crippen LogP contribution in [0.15, 0.2) is 35.5 Å². The summed E-state index contributed by atoms with van der Waals surface area (Å²) < 4.78 is 5.32. The minimum atomic E-state index is -0.555. The first kappa shape index (κ1) is 27.6. The van der Waals surface area contributed by atoms with Crippen LogP contribution in [0, 0.1) is 45.3 Å². The van der Waals surface area contributed by atoms with Crippen LogP contribution in [0.3, 0.4) is 0 Å². The summed E-state index contributed by atoms with van der Waals surface area (Å²) in [6.45, 7) is 20.0. The van der Waals surface area contributed by atoms with Crippen molar-refractivity contribution in [3.63, 3.8) is 0 Å². The number of fused-ring (bicyclic) bond motifs is 5. The van der Waals surface area contributed by atoms with Crippen LogP contribution in [0.2, 0.25) is 0 Å². The Morgan fingerprint density at radius 2 is 1.81 bits per heavy atom. The molecular weight excluding hydrogens is 448 g/mol. The predicted octanol–water partition coefficient (Wildman–Crippen LogP) is 6.63. The van der Waals surface area contributed by atoms with Crippen molar-refractivity contribution in [2.75, 3.05) is 7.11 Å². The zero-order chi connectivity index (χ0) is 26.8. The standard InChI is InChI=1S/C32H50O4/c1-19(2)20(3)10-11-21(28(35)36-9)27-24(33)18-32(8)23-12-13-25-29(4,5)26(34)15-16-30(25,6)22(23)14-17-31(27,32)7/h12,14,19,21,24-27,33-34H,3,10-11,13,15-18H2,1-2,4-9H3. The number of hydrogen-bond donors (Lipinski definition) is 2. The third-order valence-corrected chi connectivity index (χ3v) is 11.8. The van der Waals surface area contributed by atoms with Crippen LogP contribution in [-0.4, -0.2) is 35.5 Å². The van der Waals surface area contributed by atoms with E-state index in [1.54, 1.807) is 0 Å². The summed E-state index contributed by atoms with van der Waals surface area (Å²) in [5.74, 6) is 0.0479. The van der Waals surface area contributed by atoms with Crippen molar-refractivity contribution in [3.8, 4) is 0 Å². The lowest BCUT2D eigenvalue weighted by Gasteiger charge is -2.61. The summed E-state index contributed by atoms with van der Waals surface area (Å²) >= 11 is 0. The lowest BCUT2D eigenvalue weighted by molar-refractivity contribution is -0.152. The molecule has 4 aliphatic rings. The first-order chi connectivity index (χ1) is 16.6. The Labute approximate surface area is 219 Å². The summed E-state index contributed by atoms with van der Waals surface area (Å²) in [5.41, 5.74) is 3.41. The number of aliphatic hydroxyl groups excluding tert-OH is 2. The van der Waals surface area contributed by atoms with E-state index in [-0.39, 0.29) is 45.6 Å². The number of hydrogen-bond acceptors (Lipinski definition) is 4. The van der Waals surface area contributed by atoms with Gasteiger partial charge in [-0.25, -0.2) is 0 Å². The molecule has 0 bridgehead atoms. The van der Waals surface area contributed by atoms with Crippen molar-refractivity contribution >= 4 is 5.97 Å². The number of esters is 1.